The molecule has 0 aliphatic carbocycles. The predicted molar refractivity (Wildman–Crippen MR) is 72.1 cm³/mol. The maximum absolute atomic E-state index is 12.7. The van der Waals surface area contributed by atoms with Gasteiger partial charge in [0.05, 0.1) is 0 Å². The van der Waals surface area contributed by atoms with Gasteiger partial charge in [-0.3, -0.25) is 0 Å². The fraction of sp³-hybridized carbons (Fsp3) is 0.727. The molecule has 5 nitrogen and oxygen atoms in total. The summed E-state index contributed by atoms with van der Waals surface area (Å²) in [5.41, 5.74) is 0. The van der Waals surface area contributed by atoms with Crippen LogP contribution in [0, 0.1) is 0 Å². The summed E-state index contributed by atoms with van der Waals surface area (Å²) in [5, 5.41) is 2.09. The van der Waals surface area contributed by atoms with E-state index < -0.39 is 12.2 Å². The number of nitrogens with zero attached hydrogens (tertiary/aromatic N) is 4. The third kappa shape index (κ3) is 4.36. The van der Waals surface area contributed by atoms with E-state index in [1.807, 2.05) is 13.8 Å². The van der Waals surface area contributed by atoms with Gasteiger partial charge in [-0.05, 0) is 31.9 Å². The molecule has 0 aliphatic heterocycles. The number of anilines is 2. The molecule has 0 saturated carbocycles. The number of alkyl halides is 3. The van der Waals surface area contributed by atoms with Gasteiger partial charge in [0.25, 0.3) is 0 Å². The molecule has 1 heterocycles. The third-order valence-electron chi connectivity index (χ3n) is 2.79. The van der Waals surface area contributed by atoms with Crippen molar-refractivity contribution in [1.29, 1.82) is 0 Å². The highest BCUT2D eigenvalue weighted by atomic mass is 35.5. The maximum atomic E-state index is 12.7. The van der Waals surface area contributed by atoms with Crippen molar-refractivity contribution >= 4 is 23.5 Å². The Morgan fingerprint density at radius 1 is 1.25 bits per heavy atom. The van der Waals surface area contributed by atoms with E-state index in [4.69, 9.17) is 11.6 Å². The second kappa shape index (κ2) is 6.43. The van der Waals surface area contributed by atoms with E-state index in [1.54, 1.807) is 11.9 Å². The minimum atomic E-state index is -4.38. The van der Waals surface area contributed by atoms with Crippen LogP contribution in [0.25, 0.3) is 0 Å². The molecule has 0 fully saturated rings. The minimum Gasteiger partial charge on any atom is -0.342 e. The average molecular weight is 312 g/mol. The highest BCUT2D eigenvalue weighted by Gasteiger charge is 2.38. The van der Waals surface area contributed by atoms with Gasteiger partial charge in [-0.1, -0.05) is 6.92 Å². The van der Waals surface area contributed by atoms with Crippen LogP contribution in [0.4, 0.5) is 25.1 Å². The lowest BCUT2D eigenvalue weighted by atomic mass is 10.2. The van der Waals surface area contributed by atoms with Crippen LogP contribution in [-0.2, 0) is 0 Å². The molecule has 1 rings (SSSR count). The van der Waals surface area contributed by atoms with Crippen molar-refractivity contribution in [2.45, 2.75) is 45.5 Å². The van der Waals surface area contributed by atoms with Crippen LogP contribution in [0.3, 0.4) is 0 Å². The van der Waals surface area contributed by atoms with Gasteiger partial charge in [0, 0.05) is 13.1 Å². The smallest absolute Gasteiger partial charge is 0.342 e. The van der Waals surface area contributed by atoms with Crippen molar-refractivity contribution in [3.8, 4) is 0 Å². The van der Waals surface area contributed by atoms with Gasteiger partial charge < -0.3 is 10.2 Å². The van der Waals surface area contributed by atoms with Gasteiger partial charge >= 0.3 is 6.18 Å². The highest BCUT2D eigenvalue weighted by Crippen LogP contribution is 2.25. The molecule has 1 aromatic rings. The SMILES string of the molecule is CC[C@@H](Nc1nc(Cl)nc(N(C)C(C)C)n1)C(F)(F)F. The summed E-state index contributed by atoms with van der Waals surface area (Å²) in [7, 11) is 1.72. The van der Waals surface area contributed by atoms with E-state index in [2.05, 4.69) is 20.3 Å². The Bertz CT molecular complexity index is 452. The summed E-state index contributed by atoms with van der Waals surface area (Å²) >= 11 is 5.73. The molecule has 0 radical (unpaired) electrons. The molecule has 9 heteroatoms. The molecule has 114 valence electrons. The Hall–Kier alpha value is -1.31. The van der Waals surface area contributed by atoms with Crippen molar-refractivity contribution in [3.63, 3.8) is 0 Å². The van der Waals surface area contributed by atoms with Crippen LogP contribution in [0.1, 0.15) is 27.2 Å². The summed E-state index contributed by atoms with van der Waals surface area (Å²) in [5.74, 6) is 0.0382. The summed E-state index contributed by atoms with van der Waals surface area (Å²) < 4.78 is 38.2. The summed E-state index contributed by atoms with van der Waals surface area (Å²) in [6.07, 6.45) is -4.51. The van der Waals surface area contributed by atoms with E-state index in [-0.39, 0.29) is 29.6 Å². The fourth-order valence-electron chi connectivity index (χ4n) is 1.36. The first-order chi connectivity index (χ1) is 9.15. The molecule has 0 aliphatic rings. The van der Waals surface area contributed by atoms with Crippen LogP contribution < -0.4 is 10.2 Å². The van der Waals surface area contributed by atoms with E-state index in [1.165, 1.54) is 6.92 Å². The Morgan fingerprint density at radius 3 is 2.30 bits per heavy atom. The molecule has 0 spiro atoms. The van der Waals surface area contributed by atoms with Gasteiger partial charge in [0.1, 0.15) is 6.04 Å². The zero-order valence-electron chi connectivity index (χ0n) is 11.7. The molecular formula is C11H17ClF3N5. The number of rotatable bonds is 5. The van der Waals surface area contributed by atoms with Gasteiger partial charge in [0.15, 0.2) is 0 Å². The largest absolute Gasteiger partial charge is 0.408 e. The van der Waals surface area contributed by atoms with Gasteiger partial charge in [-0.2, -0.15) is 28.1 Å². The number of aromatic nitrogens is 3. The standard InChI is InChI=1S/C11H17ClF3N5/c1-5-7(11(13,14)15)16-9-17-8(12)18-10(19-9)20(4)6(2)3/h6-7H,5H2,1-4H3,(H,16,17,18,19)/t7-/m1/s1. The van der Waals surface area contributed by atoms with Crippen LogP contribution >= 0.6 is 11.6 Å². The topological polar surface area (TPSA) is 53.9 Å². The first kappa shape index (κ1) is 16.7. The molecule has 0 unspecified atom stereocenters. The van der Waals surface area contributed by atoms with Gasteiger partial charge in [-0.15, -0.1) is 0 Å². The van der Waals surface area contributed by atoms with Crippen molar-refractivity contribution in [1.82, 2.24) is 15.0 Å². The highest BCUT2D eigenvalue weighted by molar-refractivity contribution is 6.28. The monoisotopic (exact) mass is 311 g/mol. The quantitative estimate of drug-likeness (QED) is 0.905. The first-order valence-corrected chi connectivity index (χ1v) is 6.50. The number of halogens is 4. The Morgan fingerprint density at radius 2 is 1.85 bits per heavy atom. The first-order valence-electron chi connectivity index (χ1n) is 6.12. The zero-order chi connectivity index (χ0) is 15.5. The Balaban J connectivity index is 3.02. The van der Waals surface area contributed by atoms with Crippen molar-refractivity contribution in [2.24, 2.45) is 0 Å². The molecule has 0 bridgehead atoms. The fourth-order valence-corrected chi connectivity index (χ4v) is 1.52. The van der Waals surface area contributed by atoms with Crippen LogP contribution in [0.5, 0.6) is 0 Å². The summed E-state index contributed by atoms with van der Waals surface area (Å²) in [6, 6.07) is -1.65. The zero-order valence-corrected chi connectivity index (χ0v) is 12.4. The average Bonchev–Trinajstić information content (AvgIpc) is 2.32. The number of hydrogen-bond acceptors (Lipinski definition) is 5. The molecule has 1 aromatic heterocycles. The van der Waals surface area contributed by atoms with E-state index in [0.717, 1.165) is 0 Å². The molecular weight excluding hydrogens is 295 g/mol. The third-order valence-corrected chi connectivity index (χ3v) is 2.96. The van der Waals surface area contributed by atoms with Crippen LogP contribution in [-0.4, -0.2) is 40.3 Å². The summed E-state index contributed by atoms with van der Waals surface area (Å²) in [4.78, 5) is 13.2. The maximum Gasteiger partial charge on any atom is 0.408 e. The summed E-state index contributed by atoms with van der Waals surface area (Å²) in [6.45, 7) is 5.22. The van der Waals surface area contributed by atoms with Crippen molar-refractivity contribution in [3.05, 3.63) is 5.28 Å². The Labute approximate surface area is 120 Å². The van der Waals surface area contributed by atoms with Gasteiger partial charge in [-0.25, -0.2) is 0 Å². The molecule has 0 aromatic carbocycles. The lowest BCUT2D eigenvalue weighted by molar-refractivity contribution is -0.143. The minimum absolute atomic E-state index is 0.0749. The number of hydrogen-bond donors (Lipinski definition) is 1. The lowest BCUT2D eigenvalue weighted by Gasteiger charge is -2.23. The van der Waals surface area contributed by atoms with Crippen LogP contribution in [0.15, 0.2) is 0 Å². The van der Waals surface area contributed by atoms with Gasteiger partial charge in [0.2, 0.25) is 17.2 Å². The molecule has 0 saturated heterocycles. The second-order valence-electron chi connectivity index (χ2n) is 4.58. The van der Waals surface area contributed by atoms with E-state index in [9.17, 15) is 13.2 Å². The Kier molecular flexibility index (Phi) is 5.38. The lowest BCUT2D eigenvalue weighted by Crippen LogP contribution is -2.36. The molecule has 1 atom stereocenters. The van der Waals surface area contributed by atoms with E-state index in [0.29, 0.717) is 0 Å². The number of nitrogens with one attached hydrogen (secondary N) is 1. The van der Waals surface area contributed by atoms with E-state index >= 15 is 0 Å². The normalized spacial score (nSPS) is 13.4. The van der Waals surface area contributed by atoms with Crippen LogP contribution in [0.2, 0.25) is 5.28 Å². The second-order valence-corrected chi connectivity index (χ2v) is 4.92. The van der Waals surface area contributed by atoms with Crippen molar-refractivity contribution in [2.75, 3.05) is 17.3 Å². The predicted octanol–water partition coefficient (Wildman–Crippen LogP) is 3.12. The van der Waals surface area contributed by atoms with Crippen molar-refractivity contribution < 1.29 is 13.2 Å². The molecule has 20 heavy (non-hydrogen) atoms. The molecule has 0 amide bonds. The molecule has 1 N–H and O–H groups in total.